The zero-order chi connectivity index (χ0) is 10.6. The molecule has 1 aliphatic rings. The van der Waals surface area contributed by atoms with Crippen LogP contribution in [0.25, 0.3) is 10.1 Å². The summed E-state index contributed by atoms with van der Waals surface area (Å²) in [6, 6.07) is 0. The first-order valence-corrected chi connectivity index (χ1v) is 5.86. The van der Waals surface area contributed by atoms with Crippen LogP contribution in [-0.2, 0) is 12.8 Å². The highest BCUT2D eigenvalue weighted by Gasteiger charge is 2.32. The summed E-state index contributed by atoms with van der Waals surface area (Å²) in [5, 5.41) is 7.43. The maximum absolute atomic E-state index is 11.5. The summed E-state index contributed by atoms with van der Waals surface area (Å²) in [4.78, 5) is 12.9. The van der Waals surface area contributed by atoms with E-state index in [0.29, 0.717) is 5.41 Å². The summed E-state index contributed by atoms with van der Waals surface area (Å²) in [5.41, 5.74) is 1.64. The fourth-order valence-electron chi connectivity index (χ4n) is 2.35. The molecule has 0 radical (unpaired) electrons. The zero-order valence-electron chi connectivity index (χ0n) is 8.76. The number of hydrogen-bond donors (Lipinski definition) is 1. The van der Waals surface area contributed by atoms with E-state index in [1.54, 1.807) is 17.5 Å². The molecule has 0 spiro atoms. The number of hydrogen-bond acceptors (Lipinski definition) is 3. The fraction of sp³-hybridized carbons (Fsp3) is 0.455. The van der Waals surface area contributed by atoms with Crippen LogP contribution in [0.5, 0.6) is 0 Å². The molecule has 1 aliphatic carbocycles. The summed E-state index contributed by atoms with van der Waals surface area (Å²) >= 11 is 1.63. The van der Waals surface area contributed by atoms with E-state index in [2.05, 4.69) is 24.0 Å². The van der Waals surface area contributed by atoms with Crippen molar-refractivity contribution in [2.45, 2.75) is 26.7 Å². The molecule has 2 heterocycles. The van der Waals surface area contributed by atoms with Crippen LogP contribution in [0.15, 0.2) is 11.0 Å². The lowest BCUT2D eigenvalue weighted by molar-refractivity contribution is 0.394. The van der Waals surface area contributed by atoms with E-state index in [4.69, 9.17) is 0 Å². The van der Waals surface area contributed by atoms with Crippen molar-refractivity contribution in [2.75, 3.05) is 0 Å². The quantitative estimate of drug-likeness (QED) is 0.739. The second-order valence-electron chi connectivity index (χ2n) is 4.96. The average Bonchev–Trinajstić information content (AvgIpc) is 2.59. The lowest BCUT2D eigenvalue weighted by Crippen LogP contribution is -2.11. The molecule has 3 nitrogen and oxygen atoms in total. The van der Waals surface area contributed by atoms with Crippen molar-refractivity contribution in [1.82, 2.24) is 10.2 Å². The van der Waals surface area contributed by atoms with E-state index < -0.39 is 0 Å². The van der Waals surface area contributed by atoms with Gasteiger partial charge in [-0.05, 0) is 23.8 Å². The number of nitrogens with one attached hydrogen (secondary N) is 1. The highest BCUT2D eigenvalue weighted by Crippen LogP contribution is 2.43. The molecule has 0 fully saturated rings. The molecule has 0 atom stereocenters. The molecule has 2 aromatic heterocycles. The van der Waals surface area contributed by atoms with Crippen molar-refractivity contribution < 1.29 is 0 Å². The number of fused-ring (bicyclic) bond motifs is 3. The molecule has 0 unspecified atom stereocenters. The zero-order valence-corrected chi connectivity index (χ0v) is 9.57. The van der Waals surface area contributed by atoms with Gasteiger partial charge in [0, 0.05) is 10.3 Å². The number of rotatable bonds is 0. The van der Waals surface area contributed by atoms with Crippen molar-refractivity contribution >= 4 is 21.4 Å². The first kappa shape index (κ1) is 9.09. The van der Waals surface area contributed by atoms with Crippen molar-refractivity contribution in [3.63, 3.8) is 0 Å². The first-order valence-electron chi connectivity index (χ1n) is 5.05. The molecule has 1 N–H and O–H groups in total. The highest BCUT2D eigenvalue weighted by atomic mass is 32.1. The van der Waals surface area contributed by atoms with Crippen LogP contribution in [0.1, 0.15) is 24.3 Å². The van der Waals surface area contributed by atoms with Crippen molar-refractivity contribution in [2.24, 2.45) is 5.41 Å². The normalized spacial score (nSPS) is 18.3. The molecule has 3 rings (SSSR count). The van der Waals surface area contributed by atoms with E-state index in [9.17, 15) is 4.79 Å². The van der Waals surface area contributed by atoms with Crippen LogP contribution in [0.4, 0.5) is 0 Å². The molecular weight excluding hydrogens is 208 g/mol. The lowest BCUT2D eigenvalue weighted by Gasteiger charge is -2.15. The van der Waals surface area contributed by atoms with Gasteiger partial charge in [0.05, 0.1) is 6.20 Å². The minimum absolute atomic E-state index is 0.0512. The summed E-state index contributed by atoms with van der Waals surface area (Å²) in [7, 11) is 0. The van der Waals surface area contributed by atoms with Crippen molar-refractivity contribution in [3.8, 4) is 0 Å². The topological polar surface area (TPSA) is 45.8 Å². The van der Waals surface area contributed by atoms with Gasteiger partial charge in [0.1, 0.15) is 4.70 Å². The summed E-state index contributed by atoms with van der Waals surface area (Å²) in [6.45, 7) is 4.54. The van der Waals surface area contributed by atoms with Crippen LogP contribution in [-0.4, -0.2) is 10.2 Å². The molecule has 0 bridgehead atoms. The van der Waals surface area contributed by atoms with E-state index >= 15 is 0 Å². The molecule has 0 saturated heterocycles. The van der Waals surface area contributed by atoms with Crippen LogP contribution in [0, 0.1) is 5.41 Å². The highest BCUT2D eigenvalue weighted by molar-refractivity contribution is 7.19. The van der Waals surface area contributed by atoms with E-state index in [1.165, 1.54) is 10.4 Å². The third kappa shape index (κ3) is 1.24. The molecule has 0 aliphatic heterocycles. The number of H-pyrrole nitrogens is 1. The Morgan fingerprint density at radius 2 is 2.27 bits per heavy atom. The van der Waals surface area contributed by atoms with Gasteiger partial charge in [-0.15, -0.1) is 11.3 Å². The van der Waals surface area contributed by atoms with E-state index in [0.717, 1.165) is 22.9 Å². The second kappa shape index (κ2) is 2.70. The largest absolute Gasteiger partial charge is 0.282 e. The van der Waals surface area contributed by atoms with Gasteiger partial charge < -0.3 is 0 Å². The molecular formula is C11H12N2OS. The van der Waals surface area contributed by atoms with Gasteiger partial charge in [0.2, 0.25) is 0 Å². The van der Waals surface area contributed by atoms with Gasteiger partial charge in [0.25, 0.3) is 5.56 Å². The fourth-order valence-corrected chi connectivity index (χ4v) is 3.79. The molecule has 15 heavy (non-hydrogen) atoms. The number of thiophene rings is 1. The van der Waals surface area contributed by atoms with Crippen LogP contribution in [0.3, 0.4) is 0 Å². The van der Waals surface area contributed by atoms with Crippen molar-refractivity contribution in [3.05, 3.63) is 27.0 Å². The molecule has 0 amide bonds. The van der Waals surface area contributed by atoms with E-state index in [1.807, 2.05) is 0 Å². The minimum Gasteiger partial charge on any atom is -0.266 e. The van der Waals surface area contributed by atoms with Crippen LogP contribution < -0.4 is 5.56 Å². The van der Waals surface area contributed by atoms with Crippen LogP contribution >= 0.6 is 11.3 Å². The Balaban J connectivity index is 2.33. The standard InChI is InChI=1S/C11H12N2OS/c1-11(2)3-6-7-5-12-13-10(14)9(7)15-8(6)4-11/h5H,3-4H2,1-2H3,(H,13,14). The van der Waals surface area contributed by atoms with Gasteiger partial charge in [0.15, 0.2) is 0 Å². The predicted octanol–water partition coefficient (Wildman–Crippen LogP) is 2.11. The molecule has 2 aromatic rings. The number of aromatic amines is 1. The summed E-state index contributed by atoms with van der Waals surface area (Å²) in [5.74, 6) is 0. The predicted molar refractivity (Wildman–Crippen MR) is 61.4 cm³/mol. The van der Waals surface area contributed by atoms with Crippen molar-refractivity contribution in [1.29, 1.82) is 0 Å². The average molecular weight is 220 g/mol. The minimum atomic E-state index is -0.0512. The molecule has 4 heteroatoms. The SMILES string of the molecule is CC1(C)Cc2sc3c(=O)[nH]ncc3c2C1. The van der Waals surface area contributed by atoms with Gasteiger partial charge in [-0.3, -0.25) is 4.79 Å². The van der Waals surface area contributed by atoms with Gasteiger partial charge >= 0.3 is 0 Å². The summed E-state index contributed by atoms with van der Waals surface area (Å²) < 4.78 is 0.838. The van der Waals surface area contributed by atoms with Gasteiger partial charge in [-0.2, -0.15) is 5.10 Å². The summed E-state index contributed by atoms with van der Waals surface area (Å²) in [6.07, 6.45) is 3.93. The van der Waals surface area contributed by atoms with Gasteiger partial charge in [-0.1, -0.05) is 13.8 Å². The maximum Gasteiger partial charge on any atom is 0.282 e. The lowest BCUT2D eigenvalue weighted by atomic mass is 9.90. The van der Waals surface area contributed by atoms with E-state index in [-0.39, 0.29) is 5.56 Å². The Labute approximate surface area is 91.1 Å². The van der Waals surface area contributed by atoms with Crippen LogP contribution in [0.2, 0.25) is 0 Å². The molecule has 0 saturated carbocycles. The number of nitrogens with zero attached hydrogens (tertiary/aromatic N) is 1. The Bertz CT molecular complexity index is 594. The third-order valence-electron chi connectivity index (χ3n) is 2.99. The van der Waals surface area contributed by atoms with Gasteiger partial charge in [-0.25, -0.2) is 5.10 Å². The monoisotopic (exact) mass is 220 g/mol. The third-order valence-corrected chi connectivity index (χ3v) is 4.24. The molecule has 0 aromatic carbocycles. The molecule has 78 valence electrons. The smallest absolute Gasteiger partial charge is 0.266 e. The Hall–Kier alpha value is -1.16. The maximum atomic E-state index is 11.5. The Morgan fingerprint density at radius 3 is 3.07 bits per heavy atom. The Morgan fingerprint density at radius 1 is 1.47 bits per heavy atom. The Kier molecular flexibility index (Phi) is 1.63. The first-order chi connectivity index (χ1) is 7.07. The number of aromatic nitrogens is 2. The second-order valence-corrected chi connectivity index (χ2v) is 6.07.